The molecule has 9 heteroatoms. The van der Waals surface area contributed by atoms with Crippen LogP contribution in [-0.4, -0.2) is 42.8 Å². The Morgan fingerprint density at radius 1 is 0.553 bits per heavy atom. The topological polar surface area (TPSA) is 108 Å². The van der Waals surface area contributed by atoms with Gasteiger partial charge in [0.15, 0.2) is 6.10 Å². The Hall–Kier alpha value is -1.21. The molecule has 0 saturated heterocycles. The van der Waals surface area contributed by atoms with Crippen molar-refractivity contribution in [2.24, 2.45) is 0 Å². The molecule has 0 aliphatic carbocycles. The average Bonchev–Trinajstić information content (AvgIpc) is 3.04. The minimum absolute atomic E-state index is 0.00173. The van der Waals surface area contributed by atoms with Gasteiger partial charge in [0.25, 0.3) is 0 Å². The number of allylic oxidation sites excluding steroid dienone is 2. The molecular weight excluding hydrogens is 615 g/mol. The van der Waals surface area contributed by atoms with Crippen molar-refractivity contribution in [1.82, 2.24) is 0 Å². The predicted octanol–water partition coefficient (Wildman–Crippen LogP) is 11.7. The molecule has 0 aromatic rings. The number of ether oxygens (including phenoxy) is 2. The Kier molecular flexibility index (Phi) is 33.8. The van der Waals surface area contributed by atoms with Crippen LogP contribution in [0.25, 0.3) is 0 Å². The van der Waals surface area contributed by atoms with Gasteiger partial charge in [0.2, 0.25) is 0 Å². The molecule has 0 aliphatic rings. The lowest BCUT2D eigenvalue weighted by Crippen LogP contribution is -2.29. The maximum atomic E-state index is 12.5. The SMILES string of the molecule is CCCCCCCC/C=C\CCCCCCCC(=O)OC(COC(=O)CCCCCCCCCCCCCC)COP(=O)(O)OCC. The molecule has 2 atom stereocenters. The molecule has 0 aromatic carbocycles. The fourth-order valence-electron chi connectivity index (χ4n) is 5.45. The monoisotopic (exact) mass is 689 g/mol. The van der Waals surface area contributed by atoms with E-state index in [4.69, 9.17) is 18.5 Å². The maximum absolute atomic E-state index is 12.5. The molecule has 1 N–H and O–H groups in total. The van der Waals surface area contributed by atoms with Gasteiger partial charge in [-0.2, -0.15) is 0 Å². The van der Waals surface area contributed by atoms with E-state index in [1.165, 1.54) is 103 Å². The van der Waals surface area contributed by atoms with Gasteiger partial charge in [-0.25, -0.2) is 4.57 Å². The van der Waals surface area contributed by atoms with Crippen molar-refractivity contribution < 1.29 is 37.6 Å². The standard InChI is InChI=1S/C38H73O8P/c1-4-7-9-11-13-15-17-19-20-21-23-25-27-29-31-33-38(40)46-36(35-45-47(41,42)44-6-3)34-43-37(39)32-30-28-26-24-22-18-16-14-12-10-8-5-2/h19-20,36H,4-18,21-35H2,1-3H3,(H,41,42)/b20-19-. The number of phosphoric acid groups is 1. The fraction of sp³-hybridized carbons (Fsp3) is 0.895. The van der Waals surface area contributed by atoms with Gasteiger partial charge in [0, 0.05) is 12.8 Å². The lowest BCUT2D eigenvalue weighted by atomic mass is 10.0. The Labute approximate surface area is 289 Å². The summed E-state index contributed by atoms with van der Waals surface area (Å²) in [4.78, 5) is 34.6. The minimum Gasteiger partial charge on any atom is -0.462 e. The fourth-order valence-corrected chi connectivity index (χ4v) is 6.20. The summed E-state index contributed by atoms with van der Waals surface area (Å²) in [5.74, 6) is -0.801. The molecule has 0 heterocycles. The van der Waals surface area contributed by atoms with Crippen molar-refractivity contribution in [2.45, 2.75) is 200 Å². The molecule has 47 heavy (non-hydrogen) atoms. The van der Waals surface area contributed by atoms with Crippen LogP contribution in [0.15, 0.2) is 12.2 Å². The third-order valence-corrected chi connectivity index (χ3v) is 9.38. The predicted molar refractivity (Wildman–Crippen MR) is 193 cm³/mol. The molecule has 0 radical (unpaired) electrons. The van der Waals surface area contributed by atoms with Crippen LogP contribution < -0.4 is 0 Å². The summed E-state index contributed by atoms with van der Waals surface area (Å²) in [6.45, 7) is 5.46. The zero-order valence-corrected chi connectivity index (χ0v) is 31.6. The number of carbonyl (C=O) groups is 2. The second kappa shape index (κ2) is 34.6. The number of unbranched alkanes of at least 4 members (excludes halogenated alkanes) is 22. The molecule has 0 bridgehead atoms. The van der Waals surface area contributed by atoms with Crippen LogP contribution >= 0.6 is 7.82 Å². The van der Waals surface area contributed by atoms with Crippen molar-refractivity contribution >= 4 is 19.8 Å². The number of hydrogen-bond donors (Lipinski definition) is 1. The normalized spacial score (nSPS) is 13.5. The quantitative estimate of drug-likeness (QED) is 0.0300. The van der Waals surface area contributed by atoms with Crippen LogP contribution in [0.4, 0.5) is 0 Å². The molecule has 0 spiro atoms. The van der Waals surface area contributed by atoms with Gasteiger partial charge in [0.1, 0.15) is 6.61 Å². The highest BCUT2D eigenvalue weighted by Crippen LogP contribution is 2.43. The Bertz CT molecular complexity index is 788. The molecular formula is C38H73O8P. The van der Waals surface area contributed by atoms with Gasteiger partial charge in [0.05, 0.1) is 13.2 Å². The van der Waals surface area contributed by atoms with Gasteiger partial charge in [-0.15, -0.1) is 0 Å². The van der Waals surface area contributed by atoms with E-state index in [-0.39, 0.29) is 25.6 Å². The van der Waals surface area contributed by atoms with E-state index >= 15 is 0 Å². The first-order chi connectivity index (χ1) is 22.8. The minimum atomic E-state index is -4.27. The van der Waals surface area contributed by atoms with E-state index in [2.05, 4.69) is 26.0 Å². The lowest BCUT2D eigenvalue weighted by Gasteiger charge is -2.19. The van der Waals surface area contributed by atoms with Crippen LogP contribution in [0, 0.1) is 0 Å². The van der Waals surface area contributed by atoms with E-state index in [0.717, 1.165) is 51.4 Å². The highest BCUT2D eigenvalue weighted by atomic mass is 31.2. The van der Waals surface area contributed by atoms with E-state index in [1.807, 2.05) is 0 Å². The van der Waals surface area contributed by atoms with E-state index < -0.39 is 26.5 Å². The Balaban J connectivity index is 4.14. The van der Waals surface area contributed by atoms with Crippen molar-refractivity contribution in [3.63, 3.8) is 0 Å². The van der Waals surface area contributed by atoms with Gasteiger partial charge < -0.3 is 14.4 Å². The van der Waals surface area contributed by atoms with Crippen molar-refractivity contribution in [1.29, 1.82) is 0 Å². The van der Waals surface area contributed by atoms with Crippen LogP contribution in [0.1, 0.15) is 194 Å². The average molecular weight is 689 g/mol. The van der Waals surface area contributed by atoms with Gasteiger partial charge >= 0.3 is 19.8 Å². The second-order valence-electron chi connectivity index (χ2n) is 13.0. The van der Waals surface area contributed by atoms with Crippen LogP contribution in [0.3, 0.4) is 0 Å². The summed E-state index contributed by atoms with van der Waals surface area (Å²) in [6, 6.07) is 0. The largest absolute Gasteiger partial charge is 0.472 e. The molecule has 0 saturated carbocycles. The maximum Gasteiger partial charge on any atom is 0.472 e. The highest BCUT2D eigenvalue weighted by Gasteiger charge is 2.25. The Morgan fingerprint density at radius 2 is 0.957 bits per heavy atom. The van der Waals surface area contributed by atoms with Crippen molar-refractivity contribution in [2.75, 3.05) is 19.8 Å². The summed E-state index contributed by atoms with van der Waals surface area (Å²) in [5.41, 5.74) is 0. The second-order valence-corrected chi connectivity index (χ2v) is 14.4. The van der Waals surface area contributed by atoms with Gasteiger partial charge in [-0.1, -0.05) is 148 Å². The summed E-state index contributed by atoms with van der Waals surface area (Å²) in [7, 11) is -4.27. The summed E-state index contributed by atoms with van der Waals surface area (Å²) < 4.78 is 32.5. The lowest BCUT2D eigenvalue weighted by molar-refractivity contribution is -0.161. The van der Waals surface area contributed by atoms with Crippen LogP contribution in [0.2, 0.25) is 0 Å². The Morgan fingerprint density at radius 3 is 1.40 bits per heavy atom. The molecule has 278 valence electrons. The molecule has 0 aromatic heterocycles. The molecule has 2 unspecified atom stereocenters. The van der Waals surface area contributed by atoms with Crippen molar-refractivity contribution in [3.05, 3.63) is 12.2 Å². The smallest absolute Gasteiger partial charge is 0.462 e. The molecule has 0 aliphatic heterocycles. The first-order valence-electron chi connectivity index (χ1n) is 19.5. The van der Waals surface area contributed by atoms with Crippen molar-refractivity contribution in [3.8, 4) is 0 Å². The van der Waals surface area contributed by atoms with Gasteiger partial charge in [-0.3, -0.25) is 18.6 Å². The molecule has 8 nitrogen and oxygen atoms in total. The van der Waals surface area contributed by atoms with Crippen LogP contribution in [0.5, 0.6) is 0 Å². The number of phosphoric ester groups is 1. The number of carbonyl (C=O) groups excluding carboxylic acids is 2. The number of rotatable bonds is 36. The first-order valence-corrected chi connectivity index (χ1v) is 21.0. The van der Waals surface area contributed by atoms with Gasteiger partial charge in [-0.05, 0) is 45.4 Å². The summed E-state index contributed by atoms with van der Waals surface area (Å²) in [6.07, 6.45) is 34.0. The zero-order valence-electron chi connectivity index (χ0n) is 30.7. The molecule has 0 fully saturated rings. The molecule has 0 rings (SSSR count). The van der Waals surface area contributed by atoms with Crippen LogP contribution in [-0.2, 0) is 32.7 Å². The van der Waals surface area contributed by atoms with E-state index in [1.54, 1.807) is 6.92 Å². The summed E-state index contributed by atoms with van der Waals surface area (Å²) in [5, 5.41) is 0. The molecule has 0 amide bonds. The first kappa shape index (κ1) is 45.8. The van der Waals surface area contributed by atoms with E-state index in [9.17, 15) is 19.0 Å². The third-order valence-electron chi connectivity index (χ3n) is 8.32. The zero-order chi connectivity index (χ0) is 34.7. The number of esters is 2. The van der Waals surface area contributed by atoms with E-state index in [0.29, 0.717) is 12.8 Å². The highest BCUT2D eigenvalue weighted by molar-refractivity contribution is 7.47. The number of hydrogen-bond acceptors (Lipinski definition) is 7. The summed E-state index contributed by atoms with van der Waals surface area (Å²) >= 11 is 0. The third kappa shape index (κ3) is 34.5.